The molecule has 8 heteroatoms. The molecule has 0 saturated carbocycles. The molecule has 0 fully saturated rings. The molecule has 0 bridgehead atoms. The maximum Gasteiger partial charge on any atom is 0.253 e. The highest BCUT2D eigenvalue weighted by Crippen LogP contribution is 2.30. The van der Waals surface area contributed by atoms with Gasteiger partial charge in [0.15, 0.2) is 5.65 Å². The Kier molecular flexibility index (Phi) is 3.01. The van der Waals surface area contributed by atoms with Gasteiger partial charge in [0.25, 0.3) is 5.78 Å². The molecule has 5 aromatic rings. The number of hydrogen-bond acceptors (Lipinski definition) is 6. The van der Waals surface area contributed by atoms with Crippen LogP contribution in [0.1, 0.15) is 11.3 Å². The Morgan fingerprint density at radius 1 is 1.04 bits per heavy atom. The Morgan fingerprint density at radius 2 is 1.92 bits per heavy atom. The minimum absolute atomic E-state index is 0.581. The first-order chi connectivity index (χ1) is 12.2. The molecule has 5 rings (SSSR count). The van der Waals surface area contributed by atoms with Crippen LogP contribution >= 0.6 is 11.8 Å². The van der Waals surface area contributed by atoms with E-state index in [0.717, 1.165) is 27.0 Å². The Bertz CT molecular complexity index is 1250. The second-order valence-corrected chi connectivity index (χ2v) is 6.82. The van der Waals surface area contributed by atoms with Crippen LogP contribution in [-0.2, 0) is 0 Å². The van der Waals surface area contributed by atoms with E-state index in [1.165, 1.54) is 29.0 Å². The smallest absolute Gasteiger partial charge is 0.253 e. The van der Waals surface area contributed by atoms with E-state index in [4.69, 9.17) is 0 Å². The molecule has 0 atom stereocenters. The summed E-state index contributed by atoms with van der Waals surface area (Å²) in [6.07, 6.45) is 1.51. The van der Waals surface area contributed by atoms with Crippen molar-refractivity contribution in [3.05, 3.63) is 54.0 Å². The van der Waals surface area contributed by atoms with E-state index in [2.05, 4.69) is 54.8 Å². The Labute approximate surface area is 146 Å². The van der Waals surface area contributed by atoms with Crippen LogP contribution in [0, 0.1) is 13.8 Å². The lowest BCUT2D eigenvalue weighted by Crippen LogP contribution is -1.99. The summed E-state index contributed by atoms with van der Waals surface area (Å²) in [6, 6.07) is 12.3. The number of hydrogen-bond donors (Lipinski definition) is 0. The number of benzene rings is 1. The molecular formula is C17H13N7S. The summed E-state index contributed by atoms with van der Waals surface area (Å²) < 4.78 is 3.79. The molecule has 1 aromatic carbocycles. The minimum atomic E-state index is 0.581. The maximum absolute atomic E-state index is 4.40. The van der Waals surface area contributed by atoms with Crippen LogP contribution in [0.4, 0.5) is 0 Å². The van der Waals surface area contributed by atoms with Gasteiger partial charge in [0.05, 0.1) is 5.52 Å². The molecule has 0 aliphatic heterocycles. The van der Waals surface area contributed by atoms with Crippen LogP contribution < -0.4 is 0 Å². The molecule has 25 heavy (non-hydrogen) atoms. The molecule has 4 heterocycles. The average Bonchev–Trinajstić information content (AvgIpc) is 3.22. The number of aryl methyl sites for hydroxylation is 2. The lowest BCUT2D eigenvalue weighted by molar-refractivity contribution is 0.827. The van der Waals surface area contributed by atoms with Crippen molar-refractivity contribution < 1.29 is 0 Å². The van der Waals surface area contributed by atoms with Crippen LogP contribution in [0.2, 0.25) is 0 Å². The van der Waals surface area contributed by atoms with Gasteiger partial charge in [-0.05, 0) is 49.4 Å². The highest BCUT2D eigenvalue weighted by molar-refractivity contribution is 7.99. The molecule has 4 aromatic heterocycles. The Hall–Kier alpha value is -3.00. The SMILES string of the molecule is Cc1cc(Sc2nnc3cc(C)c4ccccc4n23)n2ncnc2n1. The molecule has 0 unspecified atom stereocenters. The van der Waals surface area contributed by atoms with Crippen LogP contribution in [0.3, 0.4) is 0 Å². The highest BCUT2D eigenvalue weighted by atomic mass is 32.2. The zero-order chi connectivity index (χ0) is 17.0. The van der Waals surface area contributed by atoms with Gasteiger partial charge in [0.1, 0.15) is 11.4 Å². The van der Waals surface area contributed by atoms with E-state index in [0.29, 0.717) is 5.78 Å². The van der Waals surface area contributed by atoms with E-state index in [1.807, 2.05) is 25.1 Å². The predicted octanol–water partition coefficient (Wildman–Crippen LogP) is 3.09. The summed E-state index contributed by atoms with van der Waals surface area (Å²) in [6.45, 7) is 4.04. The fourth-order valence-corrected chi connectivity index (χ4v) is 4.00. The Morgan fingerprint density at radius 3 is 2.84 bits per heavy atom. The average molecular weight is 347 g/mol. The molecule has 0 amide bonds. The van der Waals surface area contributed by atoms with Crippen molar-refractivity contribution in [3.8, 4) is 0 Å². The van der Waals surface area contributed by atoms with E-state index in [9.17, 15) is 0 Å². The second-order valence-electron chi connectivity index (χ2n) is 5.83. The van der Waals surface area contributed by atoms with Crippen molar-refractivity contribution in [3.63, 3.8) is 0 Å². The maximum atomic E-state index is 4.40. The number of rotatable bonds is 2. The van der Waals surface area contributed by atoms with E-state index in [1.54, 1.807) is 4.52 Å². The first-order valence-electron chi connectivity index (χ1n) is 7.79. The van der Waals surface area contributed by atoms with Crippen molar-refractivity contribution in [2.24, 2.45) is 0 Å². The highest BCUT2D eigenvalue weighted by Gasteiger charge is 2.15. The molecular weight excluding hydrogens is 334 g/mol. The quantitative estimate of drug-likeness (QED) is 0.457. The van der Waals surface area contributed by atoms with Crippen molar-refractivity contribution in [1.82, 2.24) is 34.2 Å². The summed E-state index contributed by atoms with van der Waals surface area (Å²) in [5.41, 5.74) is 3.99. The standard InChI is InChI=1S/C17H13N7S/c1-10-7-14-21-22-17(23(14)13-6-4-3-5-12(10)13)25-15-8-11(2)20-16-18-9-19-24(15)16/h3-9H,1-2H3. The van der Waals surface area contributed by atoms with Gasteiger partial charge < -0.3 is 0 Å². The second kappa shape index (κ2) is 5.25. The predicted molar refractivity (Wildman–Crippen MR) is 94.9 cm³/mol. The van der Waals surface area contributed by atoms with Gasteiger partial charge >= 0.3 is 0 Å². The number of pyridine rings is 1. The van der Waals surface area contributed by atoms with Crippen molar-refractivity contribution in [1.29, 1.82) is 0 Å². The molecule has 0 aliphatic rings. The van der Waals surface area contributed by atoms with E-state index >= 15 is 0 Å². The summed E-state index contributed by atoms with van der Waals surface area (Å²) in [7, 11) is 0. The van der Waals surface area contributed by atoms with Gasteiger partial charge in [-0.25, -0.2) is 4.98 Å². The van der Waals surface area contributed by atoms with E-state index in [-0.39, 0.29) is 0 Å². The molecule has 0 aliphatic carbocycles. The van der Waals surface area contributed by atoms with Gasteiger partial charge in [-0.1, -0.05) is 18.2 Å². The summed E-state index contributed by atoms with van der Waals surface area (Å²) in [4.78, 5) is 8.56. The molecule has 122 valence electrons. The summed E-state index contributed by atoms with van der Waals surface area (Å²) >= 11 is 1.50. The van der Waals surface area contributed by atoms with Crippen LogP contribution in [0.15, 0.2) is 52.9 Å². The number of aromatic nitrogens is 7. The first kappa shape index (κ1) is 14.4. The first-order valence-corrected chi connectivity index (χ1v) is 8.61. The summed E-state index contributed by atoms with van der Waals surface area (Å²) in [5, 5.41) is 15.9. The minimum Gasteiger partial charge on any atom is -0.270 e. The summed E-state index contributed by atoms with van der Waals surface area (Å²) in [5.74, 6) is 0.581. The number of para-hydroxylation sites is 1. The lowest BCUT2D eigenvalue weighted by atomic mass is 10.1. The van der Waals surface area contributed by atoms with Gasteiger partial charge in [-0.3, -0.25) is 4.40 Å². The lowest BCUT2D eigenvalue weighted by Gasteiger charge is -2.08. The zero-order valence-corrected chi connectivity index (χ0v) is 14.4. The third-order valence-electron chi connectivity index (χ3n) is 4.12. The van der Waals surface area contributed by atoms with Crippen molar-refractivity contribution in [2.75, 3.05) is 0 Å². The fraction of sp³-hybridized carbons (Fsp3) is 0.118. The third-order valence-corrected chi connectivity index (χ3v) is 5.06. The van der Waals surface area contributed by atoms with Crippen LogP contribution in [0.5, 0.6) is 0 Å². The number of fused-ring (bicyclic) bond motifs is 4. The monoisotopic (exact) mass is 347 g/mol. The normalized spacial score (nSPS) is 11.8. The fourth-order valence-electron chi connectivity index (χ4n) is 3.00. The van der Waals surface area contributed by atoms with Crippen LogP contribution in [0.25, 0.3) is 22.3 Å². The van der Waals surface area contributed by atoms with E-state index < -0.39 is 0 Å². The largest absolute Gasteiger partial charge is 0.270 e. The third kappa shape index (κ3) is 2.18. The Balaban J connectivity index is 1.76. The van der Waals surface area contributed by atoms with Crippen LogP contribution in [-0.4, -0.2) is 34.2 Å². The van der Waals surface area contributed by atoms with Gasteiger partial charge in [-0.15, -0.1) is 10.2 Å². The zero-order valence-electron chi connectivity index (χ0n) is 13.6. The molecule has 0 N–H and O–H groups in total. The molecule has 7 nitrogen and oxygen atoms in total. The van der Waals surface area contributed by atoms with Crippen molar-refractivity contribution in [2.45, 2.75) is 24.0 Å². The van der Waals surface area contributed by atoms with Gasteiger partial charge in [-0.2, -0.15) is 14.6 Å². The topological polar surface area (TPSA) is 73.3 Å². The van der Waals surface area contributed by atoms with Crippen molar-refractivity contribution >= 4 is 34.1 Å². The molecule has 0 spiro atoms. The molecule has 0 radical (unpaired) electrons. The number of nitrogens with zero attached hydrogens (tertiary/aromatic N) is 7. The van der Waals surface area contributed by atoms with Gasteiger partial charge in [0.2, 0.25) is 5.16 Å². The molecule has 0 saturated heterocycles. The van der Waals surface area contributed by atoms with Gasteiger partial charge in [0, 0.05) is 11.1 Å².